The molecule has 0 bridgehead atoms. The second kappa shape index (κ2) is 4.84. The van der Waals surface area contributed by atoms with Crippen molar-refractivity contribution in [2.75, 3.05) is 20.3 Å². The van der Waals surface area contributed by atoms with Crippen LogP contribution in [0.3, 0.4) is 0 Å². The first-order valence-electron chi connectivity index (χ1n) is 4.54. The summed E-state index contributed by atoms with van der Waals surface area (Å²) in [6.07, 6.45) is 1.71. The number of nitrogens with zero attached hydrogens (tertiary/aromatic N) is 1. The highest BCUT2D eigenvalue weighted by Gasteiger charge is 2.28. The van der Waals surface area contributed by atoms with Crippen molar-refractivity contribution >= 4 is 11.9 Å². The molecule has 1 aliphatic heterocycles. The van der Waals surface area contributed by atoms with Crippen molar-refractivity contribution in [1.82, 2.24) is 0 Å². The van der Waals surface area contributed by atoms with Gasteiger partial charge in [-0.1, -0.05) is 0 Å². The zero-order valence-electron chi connectivity index (χ0n) is 8.08. The third kappa shape index (κ3) is 2.44. The topological polar surface area (TPSA) is 47.9 Å². The minimum Gasteiger partial charge on any atom is -0.484 e. The molecule has 0 spiro atoms. The molecule has 0 fully saturated rings. The van der Waals surface area contributed by atoms with Crippen LogP contribution in [0, 0.1) is 5.92 Å². The average molecular weight is 185 g/mol. The molecule has 0 aromatic carbocycles. The molecule has 0 aromatic rings. The maximum atomic E-state index is 11.4. The first-order valence-corrected chi connectivity index (χ1v) is 4.54. The van der Waals surface area contributed by atoms with Crippen LogP contribution in [-0.4, -0.2) is 32.1 Å². The van der Waals surface area contributed by atoms with E-state index in [0.29, 0.717) is 12.5 Å². The second-order valence-electron chi connectivity index (χ2n) is 2.87. The summed E-state index contributed by atoms with van der Waals surface area (Å²) in [5.74, 6) is 0.0196. The van der Waals surface area contributed by atoms with Gasteiger partial charge in [0.25, 0.3) is 0 Å². The number of methoxy groups -OCH3 is 1. The number of esters is 1. The van der Waals surface area contributed by atoms with Gasteiger partial charge in [-0.25, -0.2) is 0 Å². The Morgan fingerprint density at radius 3 is 3.08 bits per heavy atom. The number of rotatable bonds is 2. The van der Waals surface area contributed by atoms with Gasteiger partial charge in [0.2, 0.25) is 0 Å². The Morgan fingerprint density at radius 2 is 2.46 bits per heavy atom. The van der Waals surface area contributed by atoms with Crippen LogP contribution in [0.4, 0.5) is 0 Å². The molecule has 1 aliphatic rings. The Balaban J connectivity index is 2.60. The van der Waals surface area contributed by atoms with Gasteiger partial charge in [-0.3, -0.25) is 9.79 Å². The van der Waals surface area contributed by atoms with E-state index in [-0.39, 0.29) is 11.9 Å². The number of aliphatic imine (C=N–C) groups is 1. The minimum atomic E-state index is -0.279. The molecule has 74 valence electrons. The van der Waals surface area contributed by atoms with Crippen molar-refractivity contribution in [1.29, 1.82) is 0 Å². The SMILES string of the molecule is CCOC(=O)[C@H]1CCCN=C1OC. The van der Waals surface area contributed by atoms with Gasteiger partial charge < -0.3 is 9.47 Å². The molecule has 1 rings (SSSR count). The van der Waals surface area contributed by atoms with Crippen LogP contribution in [0.5, 0.6) is 0 Å². The Morgan fingerprint density at radius 1 is 1.69 bits per heavy atom. The van der Waals surface area contributed by atoms with E-state index in [0.717, 1.165) is 19.4 Å². The predicted molar refractivity (Wildman–Crippen MR) is 48.7 cm³/mol. The third-order valence-corrected chi connectivity index (χ3v) is 2.00. The van der Waals surface area contributed by atoms with Crippen molar-refractivity contribution in [3.8, 4) is 0 Å². The van der Waals surface area contributed by atoms with E-state index >= 15 is 0 Å². The molecule has 0 saturated carbocycles. The summed E-state index contributed by atoms with van der Waals surface area (Å²) in [5.41, 5.74) is 0. The predicted octanol–water partition coefficient (Wildman–Crippen LogP) is 1.00. The third-order valence-electron chi connectivity index (χ3n) is 2.00. The summed E-state index contributed by atoms with van der Waals surface area (Å²) < 4.78 is 9.93. The number of hydrogen-bond donors (Lipinski definition) is 0. The van der Waals surface area contributed by atoms with Gasteiger partial charge in [0, 0.05) is 6.54 Å². The van der Waals surface area contributed by atoms with Crippen LogP contribution in [0.1, 0.15) is 19.8 Å². The minimum absolute atomic E-state index is 0.220. The van der Waals surface area contributed by atoms with E-state index in [1.165, 1.54) is 7.11 Å². The fraction of sp³-hybridized carbons (Fsp3) is 0.778. The summed E-state index contributed by atoms with van der Waals surface area (Å²) >= 11 is 0. The molecular weight excluding hydrogens is 170 g/mol. The Labute approximate surface area is 77.9 Å². The molecule has 1 atom stereocenters. The van der Waals surface area contributed by atoms with E-state index in [2.05, 4.69) is 4.99 Å². The van der Waals surface area contributed by atoms with Crippen LogP contribution in [0.25, 0.3) is 0 Å². The Bertz CT molecular complexity index is 213. The van der Waals surface area contributed by atoms with E-state index in [1.54, 1.807) is 6.92 Å². The Hall–Kier alpha value is -1.06. The van der Waals surface area contributed by atoms with Crippen LogP contribution < -0.4 is 0 Å². The largest absolute Gasteiger partial charge is 0.484 e. The second-order valence-corrected chi connectivity index (χ2v) is 2.87. The molecule has 0 aromatic heterocycles. The smallest absolute Gasteiger partial charge is 0.318 e. The lowest BCUT2D eigenvalue weighted by molar-refractivity contribution is -0.146. The zero-order valence-corrected chi connectivity index (χ0v) is 8.08. The Kier molecular flexibility index (Phi) is 3.73. The zero-order chi connectivity index (χ0) is 9.68. The molecule has 4 nitrogen and oxygen atoms in total. The number of ether oxygens (including phenoxy) is 2. The van der Waals surface area contributed by atoms with Gasteiger partial charge in [-0.15, -0.1) is 0 Å². The fourth-order valence-electron chi connectivity index (χ4n) is 1.39. The standard InChI is InChI=1S/C9H15NO3/c1-3-13-9(11)7-5-4-6-10-8(7)12-2/h7H,3-6H2,1-2H3/t7-/m0/s1. The first kappa shape index (κ1) is 10.0. The number of carbonyl (C=O) groups excluding carboxylic acids is 1. The first-order chi connectivity index (χ1) is 6.29. The van der Waals surface area contributed by atoms with E-state index in [9.17, 15) is 4.79 Å². The maximum Gasteiger partial charge on any atom is 0.318 e. The van der Waals surface area contributed by atoms with Crippen molar-refractivity contribution < 1.29 is 14.3 Å². The highest BCUT2D eigenvalue weighted by atomic mass is 16.5. The van der Waals surface area contributed by atoms with Crippen LogP contribution in [0.2, 0.25) is 0 Å². The molecule has 0 saturated heterocycles. The van der Waals surface area contributed by atoms with Crippen molar-refractivity contribution in [3.05, 3.63) is 0 Å². The van der Waals surface area contributed by atoms with Crippen LogP contribution in [0.15, 0.2) is 4.99 Å². The molecule has 4 heteroatoms. The number of hydrogen-bond acceptors (Lipinski definition) is 4. The molecular formula is C9H15NO3. The summed E-state index contributed by atoms with van der Waals surface area (Å²) in [6.45, 7) is 2.95. The van der Waals surface area contributed by atoms with Crippen LogP contribution in [-0.2, 0) is 14.3 Å². The van der Waals surface area contributed by atoms with Gasteiger partial charge >= 0.3 is 5.97 Å². The van der Waals surface area contributed by atoms with E-state index < -0.39 is 0 Å². The fourth-order valence-corrected chi connectivity index (χ4v) is 1.39. The highest BCUT2D eigenvalue weighted by molar-refractivity contribution is 5.98. The van der Waals surface area contributed by atoms with E-state index in [1.807, 2.05) is 0 Å². The summed E-state index contributed by atoms with van der Waals surface area (Å²) in [6, 6.07) is 0. The van der Waals surface area contributed by atoms with Crippen molar-refractivity contribution in [2.45, 2.75) is 19.8 Å². The normalized spacial score (nSPS) is 22.0. The van der Waals surface area contributed by atoms with Gasteiger partial charge in [0.05, 0.1) is 13.7 Å². The molecule has 0 N–H and O–H groups in total. The molecule has 0 unspecified atom stereocenters. The lowest BCUT2D eigenvalue weighted by atomic mass is 10.0. The van der Waals surface area contributed by atoms with Crippen LogP contribution >= 0.6 is 0 Å². The lowest BCUT2D eigenvalue weighted by Crippen LogP contribution is -2.30. The lowest BCUT2D eigenvalue weighted by Gasteiger charge is -2.19. The molecule has 13 heavy (non-hydrogen) atoms. The van der Waals surface area contributed by atoms with Gasteiger partial charge in [-0.2, -0.15) is 0 Å². The van der Waals surface area contributed by atoms with Gasteiger partial charge in [-0.05, 0) is 19.8 Å². The molecule has 0 amide bonds. The molecule has 0 radical (unpaired) electrons. The molecule has 0 aliphatic carbocycles. The quantitative estimate of drug-likeness (QED) is 0.603. The summed E-state index contributed by atoms with van der Waals surface area (Å²) in [4.78, 5) is 15.5. The summed E-state index contributed by atoms with van der Waals surface area (Å²) in [5, 5.41) is 0. The molecule has 1 heterocycles. The highest BCUT2D eigenvalue weighted by Crippen LogP contribution is 2.16. The monoisotopic (exact) mass is 185 g/mol. The van der Waals surface area contributed by atoms with Crippen molar-refractivity contribution in [2.24, 2.45) is 10.9 Å². The van der Waals surface area contributed by atoms with Crippen molar-refractivity contribution in [3.63, 3.8) is 0 Å². The van der Waals surface area contributed by atoms with Gasteiger partial charge in [0.1, 0.15) is 5.92 Å². The summed E-state index contributed by atoms with van der Waals surface area (Å²) in [7, 11) is 1.54. The van der Waals surface area contributed by atoms with E-state index in [4.69, 9.17) is 9.47 Å². The average Bonchev–Trinajstić information content (AvgIpc) is 2.18. The van der Waals surface area contributed by atoms with Gasteiger partial charge in [0.15, 0.2) is 5.90 Å². The maximum absolute atomic E-state index is 11.4. The number of carbonyl (C=O) groups is 1.